The maximum Gasteiger partial charge on any atom is 3.00 e. The summed E-state index contributed by atoms with van der Waals surface area (Å²) in [4.78, 5) is 107. The normalized spacial score (nSPS) is 14.6. The minimum absolute atomic E-state index is 0. The number of aryl methyl sites for hydroxylation is 1. The van der Waals surface area contributed by atoms with Crippen molar-refractivity contribution in [3.05, 3.63) is 60.7 Å². The Hall–Kier alpha value is -3.11. The van der Waals surface area contributed by atoms with Crippen molar-refractivity contribution in [1.82, 2.24) is 19.7 Å². The third kappa shape index (κ3) is 41.3. The number of aromatic nitrogens is 1. The molecule has 4 N–H and O–H groups in total. The van der Waals surface area contributed by atoms with Gasteiger partial charge < -0.3 is 29.7 Å². The molecule has 0 aliphatic carbocycles. The van der Waals surface area contributed by atoms with E-state index in [0.29, 0.717) is 61.0 Å². The molecule has 2 bridgehead atoms. The number of hydrogen-bond donors (Lipinski definition) is 4. The van der Waals surface area contributed by atoms with Crippen molar-refractivity contribution in [2.75, 3.05) is 65.6 Å². The molecule has 0 spiro atoms. The van der Waals surface area contributed by atoms with Crippen LogP contribution in [0, 0.1) is 39.9 Å². The van der Waals surface area contributed by atoms with Crippen molar-refractivity contribution in [3.8, 4) is 0 Å². The molecule has 1 aromatic heterocycles. The maximum atomic E-state index is 13.1. The Morgan fingerprint density at radius 2 is 0.843 bits per heavy atom. The van der Waals surface area contributed by atoms with Gasteiger partial charge in [0.2, 0.25) is 10.9 Å². The third-order valence-electron chi connectivity index (χ3n) is 16.5. The van der Waals surface area contributed by atoms with Gasteiger partial charge in [0.1, 0.15) is 6.61 Å². The molecule has 0 saturated heterocycles. The van der Waals surface area contributed by atoms with E-state index in [0.717, 1.165) is 44.1 Å². The van der Waals surface area contributed by atoms with E-state index in [1.54, 1.807) is 14.7 Å². The molecule has 1 unspecified atom stereocenters. The second-order valence-corrected chi connectivity index (χ2v) is 26.0. The van der Waals surface area contributed by atoms with Gasteiger partial charge in [-0.05, 0) is 69.1 Å². The molecule has 1 aromatic carbocycles. The van der Waals surface area contributed by atoms with Crippen LogP contribution in [-0.4, -0.2) is 141 Å². The average molecular weight is 1420 g/mol. The van der Waals surface area contributed by atoms with Gasteiger partial charge in [0, 0.05) is 63.2 Å². The van der Waals surface area contributed by atoms with E-state index in [-0.39, 0.29) is 138 Å². The Labute approximate surface area is 564 Å². The summed E-state index contributed by atoms with van der Waals surface area (Å²) >= 11 is 0. The van der Waals surface area contributed by atoms with E-state index in [1.165, 1.54) is 141 Å². The molecule has 2 aromatic rings. The predicted octanol–water partition coefficient (Wildman–Crippen LogP) is 12.5. The fraction of sp³-hybridized carbons (Fsp3) is 0.791. The quantitative estimate of drug-likeness (QED) is 0.0207. The number of carbonyl (C=O) groups excluding carboxylic acids is 2. The number of phosphoric acid groups is 1. The smallest absolute Gasteiger partial charge is 0.480 e. The molecule has 1 radical (unpaired) electrons. The number of esters is 2. The summed E-state index contributed by atoms with van der Waals surface area (Å²) in [5, 5.41) is 28.8. The van der Waals surface area contributed by atoms with Crippen molar-refractivity contribution in [2.24, 2.45) is 0 Å². The van der Waals surface area contributed by atoms with Gasteiger partial charge in [-0.15, -0.1) is 0 Å². The zero-order valence-corrected chi connectivity index (χ0v) is 57.5. The Kier molecular flexibility index (Phi) is 47.3. The van der Waals surface area contributed by atoms with Gasteiger partial charge in [0.15, 0.2) is 6.10 Å². The van der Waals surface area contributed by atoms with E-state index >= 15 is 0 Å². The molecule has 89 heavy (non-hydrogen) atoms. The van der Waals surface area contributed by atoms with Crippen LogP contribution in [0.3, 0.4) is 0 Å². The molecule has 0 fully saturated rings. The summed E-state index contributed by atoms with van der Waals surface area (Å²) in [5.41, 5.74) is 1.57. The molecule has 2 heterocycles. The number of fused-ring (bicyclic) bond motifs is 2. The summed E-state index contributed by atoms with van der Waals surface area (Å²) in [6.07, 6.45) is 37.4. The van der Waals surface area contributed by atoms with Crippen LogP contribution in [0.5, 0.6) is 0 Å². The van der Waals surface area contributed by atoms with E-state index in [2.05, 4.69) is 13.8 Å². The summed E-state index contributed by atoms with van der Waals surface area (Å²) in [6, 6.07) is 3.72. The molecule has 3 rings (SSSR count). The first-order valence-electron chi connectivity index (χ1n) is 34.1. The molecule has 20 nitrogen and oxygen atoms in total. The van der Waals surface area contributed by atoms with Gasteiger partial charge in [-0.25, -0.2) is 4.57 Å². The first kappa shape index (κ1) is 82.0. The second-order valence-electron chi connectivity index (χ2n) is 24.6. The second kappa shape index (κ2) is 51.3. The number of hydrogen-bond acceptors (Lipinski definition) is 16. The number of rotatable bonds is 54. The molecular weight excluding hydrogens is 1300 g/mol. The summed E-state index contributed by atoms with van der Waals surface area (Å²) < 4.78 is 34.8. The van der Waals surface area contributed by atoms with Crippen LogP contribution >= 0.6 is 7.82 Å². The first-order chi connectivity index (χ1) is 42.5. The fourth-order valence-corrected chi connectivity index (χ4v) is 12.3. The first-order valence-corrected chi connectivity index (χ1v) is 35.6. The topological polar surface area (TPSA) is 277 Å². The number of phosphoric ester groups is 1. The largest absolute Gasteiger partial charge is 3.00 e. The number of carboxylic acids is 3. The molecule has 1 aliphatic heterocycles. The Morgan fingerprint density at radius 3 is 1.26 bits per heavy atom. The van der Waals surface area contributed by atoms with Crippen LogP contribution in [0.15, 0.2) is 21.7 Å². The number of unbranched alkanes of at least 4 members (excludes halogenated alkanes) is 29. The van der Waals surface area contributed by atoms with Crippen LogP contribution in [0.4, 0.5) is 0 Å². The average Bonchev–Trinajstić information content (AvgIpc) is 1.17. The van der Waals surface area contributed by atoms with Crippen LogP contribution in [0.1, 0.15) is 267 Å². The molecule has 0 amide bonds. The van der Waals surface area contributed by atoms with E-state index in [9.17, 15) is 58.3 Å². The predicted molar refractivity (Wildman–Crippen MR) is 342 cm³/mol. The van der Waals surface area contributed by atoms with Crippen molar-refractivity contribution in [1.29, 1.82) is 0 Å². The number of ether oxygens (including phenoxy) is 2. The van der Waals surface area contributed by atoms with Crippen LogP contribution in [0.2, 0.25) is 0 Å². The molecular formula is C67H113GdN4O16P+3. The minimum atomic E-state index is -4.71. The molecule has 22 heteroatoms. The van der Waals surface area contributed by atoms with Gasteiger partial charge in [-0.3, -0.25) is 62.3 Å². The number of aliphatic carboxylic acids is 3. The van der Waals surface area contributed by atoms with Gasteiger partial charge in [0.05, 0.1) is 44.2 Å². The number of pyridine rings is 1. The van der Waals surface area contributed by atoms with Crippen molar-refractivity contribution in [2.45, 2.75) is 277 Å². The van der Waals surface area contributed by atoms with Crippen LogP contribution < -0.4 is 10.9 Å². The van der Waals surface area contributed by atoms with Crippen molar-refractivity contribution >= 4 is 37.7 Å². The Bertz CT molecular complexity index is 2340. The summed E-state index contributed by atoms with van der Waals surface area (Å²) in [5.74, 6) is -4.12. The van der Waals surface area contributed by atoms with Crippen LogP contribution in [-0.2, 0) is 79.4 Å². The van der Waals surface area contributed by atoms with E-state index in [4.69, 9.17) is 23.5 Å². The fourth-order valence-electron chi connectivity index (χ4n) is 11.5. The molecule has 0 saturated carbocycles. The number of carboxylic acid groups (broad SMARTS) is 3. The van der Waals surface area contributed by atoms with Crippen LogP contribution in [0.25, 0.3) is 0 Å². The summed E-state index contributed by atoms with van der Waals surface area (Å²) in [7, 11) is -4.71. The van der Waals surface area contributed by atoms with E-state index < -0.39 is 61.2 Å². The van der Waals surface area contributed by atoms with E-state index in [1.807, 2.05) is 12.1 Å². The Balaban J connectivity index is 0.0000270. The molecule has 2 atom stereocenters. The number of nitrogens with zero attached hydrogens (tertiary/aromatic N) is 4. The SMILES string of the molecule is CCCCCCCCCCCCCCCCCC(=O)OC[C@H](COP(=O)(O)OCCCc1c(CCCCc2cc3nc(c2)CN(CC(=O)O)CCN(CC(=O)O)CCN(CC(=O)O)C3)c(=O)c1=O)OC(=O)CCCCCCCCCCCCCCCCC.[Gd+3]. The standard InChI is InChI=1S/C67H113N4O16P.Gd/c1-3-5-7-9-11-13-15-17-19-21-23-25-27-29-31-39-64(78)84-53-58(87-65(79)40-32-30-28-26-24-22-20-18-16-14-12-10-8-6-4-2)54-86-88(82,83)85-45-35-38-60-59(66(80)67(60)81)37-34-33-36-55-46-56-48-70(51-62(74)75)43-41-69(50-61(72)73)42-44-71(52-63(76)77)49-57(47-55)68-56;/h46-47,58H,3-45,48-54H2,1-2H3,(H,72,73)(H,74,75)(H,76,77)(H,82,83);/q;+3/t58-;/m1./s1. The monoisotopic (exact) mass is 1420 g/mol. The molecule has 1 aliphatic rings. The zero-order chi connectivity index (χ0) is 64.0. The molecule has 507 valence electrons. The van der Waals surface area contributed by atoms with Crippen molar-refractivity contribution < 1.29 is 107 Å². The van der Waals surface area contributed by atoms with Gasteiger partial charge >= 0.3 is 77.6 Å². The summed E-state index contributed by atoms with van der Waals surface area (Å²) in [6.45, 7) is 3.71. The minimum Gasteiger partial charge on any atom is -0.480 e. The van der Waals surface area contributed by atoms with Crippen molar-refractivity contribution in [3.63, 3.8) is 0 Å². The third-order valence-corrected chi connectivity index (χ3v) is 17.5. The van der Waals surface area contributed by atoms with Gasteiger partial charge in [-0.2, -0.15) is 0 Å². The Morgan fingerprint density at radius 1 is 0.483 bits per heavy atom. The maximum absolute atomic E-state index is 13.1. The number of carbonyl (C=O) groups is 5. The van der Waals surface area contributed by atoms with Gasteiger partial charge in [0.25, 0.3) is 0 Å². The van der Waals surface area contributed by atoms with Gasteiger partial charge in [-0.1, -0.05) is 194 Å². The zero-order valence-electron chi connectivity index (χ0n) is 54.4.